The van der Waals surface area contributed by atoms with Gasteiger partial charge in [0.05, 0.1) is 13.7 Å². The minimum absolute atomic E-state index is 0. The van der Waals surface area contributed by atoms with Crippen molar-refractivity contribution in [2.45, 2.75) is 66.1 Å². The number of hydrogen-bond donors (Lipinski definition) is 0. The maximum Gasteiger partial charge on any atom is 0.126 e. The number of hydrogen-bond acceptors (Lipinski definition) is 3. The molecule has 3 nitrogen and oxygen atoms in total. The fourth-order valence-corrected chi connectivity index (χ4v) is 8.08. The van der Waals surface area contributed by atoms with E-state index in [2.05, 4.69) is 113 Å². The van der Waals surface area contributed by atoms with Crippen LogP contribution in [0.15, 0.2) is 108 Å². The molecule has 0 aliphatic heterocycles. The van der Waals surface area contributed by atoms with Crippen molar-refractivity contribution >= 4 is 35.2 Å². The van der Waals surface area contributed by atoms with Crippen LogP contribution in [0.2, 0.25) is 19.6 Å². The Morgan fingerprint density at radius 2 is 1.44 bits per heavy atom. The topological polar surface area (TPSA) is 38.9 Å². The first-order valence-corrected chi connectivity index (χ1v) is 20.5. The predicted octanol–water partition coefficient (Wildman–Crippen LogP) is 11.9. The van der Waals surface area contributed by atoms with Gasteiger partial charge in [0, 0.05) is 44.0 Å². The number of halogens is 1. The molecule has 0 bridgehead atoms. The van der Waals surface area contributed by atoms with E-state index in [0.717, 1.165) is 50.0 Å². The van der Waals surface area contributed by atoms with Gasteiger partial charge in [-0.25, -0.2) is 4.39 Å². The summed E-state index contributed by atoms with van der Waals surface area (Å²) in [6, 6.07) is 35.9. The minimum atomic E-state index is -1.34. The standard InChI is InChI=1S/C27H21FNO.C17H22NSi.Ir/c1-16(2)23-14-24(29-15-17(23)3)21-12-11-20(18-7-5-4-6-8-18)26-22-10-9-19(28)13-25(22)30-27(21)26;1-13(2)15-11-16(14-9-7-6-8-10-14)18-12-17(15)19(3,4)5;/h4-11,13-16H,1-3H3;6-9,11-13H,1-5H3;/q2*-1;. The summed E-state index contributed by atoms with van der Waals surface area (Å²) in [4.78, 5) is 9.33. The zero-order chi connectivity index (χ0) is 34.9. The number of aromatic nitrogens is 2. The smallest absolute Gasteiger partial charge is 0.126 e. The molecule has 7 rings (SSSR count). The Balaban J connectivity index is 0.000000211. The van der Waals surface area contributed by atoms with Crippen LogP contribution in [0.4, 0.5) is 4.39 Å². The molecule has 0 saturated carbocycles. The second kappa shape index (κ2) is 15.3. The summed E-state index contributed by atoms with van der Waals surface area (Å²) in [6.45, 7) is 18.1. The van der Waals surface area contributed by atoms with Crippen LogP contribution in [0.3, 0.4) is 0 Å². The van der Waals surface area contributed by atoms with Crippen molar-refractivity contribution in [2.75, 3.05) is 0 Å². The molecule has 0 fully saturated rings. The van der Waals surface area contributed by atoms with Gasteiger partial charge >= 0.3 is 0 Å². The van der Waals surface area contributed by atoms with Gasteiger partial charge < -0.3 is 14.4 Å². The third kappa shape index (κ3) is 7.73. The van der Waals surface area contributed by atoms with Gasteiger partial charge in [-0.15, -0.1) is 48.0 Å². The SMILES string of the molecule is CC(C)c1cc(-c2[c-]cccc2)ncc1[Si](C)(C)C.Cc1cnc(-c2[c-]cc(-c3ccccc3)c3c2oc2cc(F)ccc23)cc1C(C)C.[Ir]. The molecule has 0 spiro atoms. The first-order chi connectivity index (χ1) is 23.4. The van der Waals surface area contributed by atoms with Crippen molar-refractivity contribution in [3.63, 3.8) is 0 Å². The number of furan rings is 1. The monoisotopic (exact) mass is 855 g/mol. The molecule has 0 unspecified atom stereocenters. The van der Waals surface area contributed by atoms with E-state index in [-0.39, 0.29) is 25.9 Å². The summed E-state index contributed by atoms with van der Waals surface area (Å²) >= 11 is 0. The van der Waals surface area contributed by atoms with Crippen molar-refractivity contribution < 1.29 is 28.9 Å². The molecule has 3 heterocycles. The summed E-state index contributed by atoms with van der Waals surface area (Å²) < 4.78 is 20.1. The summed E-state index contributed by atoms with van der Waals surface area (Å²) in [5.41, 5.74) is 10.9. The summed E-state index contributed by atoms with van der Waals surface area (Å²) in [5.74, 6) is 0.603. The van der Waals surface area contributed by atoms with Crippen molar-refractivity contribution in [3.8, 4) is 33.6 Å². The van der Waals surface area contributed by atoms with Crippen LogP contribution in [0.25, 0.3) is 55.6 Å². The van der Waals surface area contributed by atoms with Crippen LogP contribution < -0.4 is 5.19 Å². The first-order valence-electron chi connectivity index (χ1n) is 17.0. The normalized spacial score (nSPS) is 11.5. The van der Waals surface area contributed by atoms with E-state index in [1.807, 2.05) is 48.7 Å². The second-order valence-electron chi connectivity index (χ2n) is 14.3. The fraction of sp³-hybridized carbons (Fsp3) is 0.227. The molecule has 0 atom stereocenters. The van der Waals surface area contributed by atoms with E-state index in [1.54, 1.807) is 6.07 Å². The van der Waals surface area contributed by atoms with Crippen molar-refractivity contribution in [1.82, 2.24) is 9.97 Å². The average molecular weight is 855 g/mol. The summed E-state index contributed by atoms with van der Waals surface area (Å²) in [7, 11) is -1.34. The van der Waals surface area contributed by atoms with Crippen LogP contribution in [-0.2, 0) is 20.1 Å². The van der Waals surface area contributed by atoms with Gasteiger partial charge in [0.2, 0.25) is 0 Å². The molecular formula is C44H43FIrN2OSi-2. The Kier molecular flexibility index (Phi) is 11.4. The van der Waals surface area contributed by atoms with Crippen molar-refractivity contribution in [1.29, 1.82) is 0 Å². The summed E-state index contributed by atoms with van der Waals surface area (Å²) in [5, 5.41) is 3.32. The molecule has 0 aliphatic carbocycles. The number of benzene rings is 4. The Hall–Kier alpha value is -4.22. The van der Waals surface area contributed by atoms with Gasteiger partial charge in [0.1, 0.15) is 11.4 Å². The summed E-state index contributed by atoms with van der Waals surface area (Å²) in [6.07, 6.45) is 4.00. The zero-order valence-electron chi connectivity index (χ0n) is 30.0. The number of aryl methyl sites for hydroxylation is 1. The maximum absolute atomic E-state index is 13.9. The van der Waals surface area contributed by atoms with Gasteiger partial charge in [-0.3, -0.25) is 0 Å². The van der Waals surface area contributed by atoms with E-state index in [4.69, 9.17) is 4.42 Å². The number of pyridine rings is 2. The third-order valence-electron chi connectivity index (χ3n) is 8.97. The van der Waals surface area contributed by atoms with E-state index >= 15 is 0 Å². The first kappa shape index (κ1) is 37.0. The molecule has 0 N–H and O–H groups in total. The van der Waals surface area contributed by atoms with Gasteiger partial charge in [-0.1, -0.05) is 112 Å². The van der Waals surface area contributed by atoms with Crippen molar-refractivity contribution in [3.05, 3.63) is 138 Å². The molecular weight excluding hydrogens is 812 g/mol. The second-order valence-corrected chi connectivity index (χ2v) is 19.3. The van der Waals surface area contributed by atoms with Gasteiger partial charge in [-0.05, 0) is 64.0 Å². The molecule has 3 aromatic heterocycles. The Morgan fingerprint density at radius 3 is 2.10 bits per heavy atom. The number of rotatable bonds is 6. The molecule has 50 heavy (non-hydrogen) atoms. The Morgan fingerprint density at radius 1 is 0.760 bits per heavy atom. The van der Waals surface area contributed by atoms with Gasteiger partial charge in [-0.2, -0.15) is 0 Å². The molecule has 1 radical (unpaired) electrons. The maximum atomic E-state index is 13.9. The predicted molar refractivity (Wildman–Crippen MR) is 206 cm³/mol. The van der Waals surface area contributed by atoms with Crippen LogP contribution >= 0.6 is 0 Å². The Labute approximate surface area is 310 Å². The fourth-order valence-electron chi connectivity index (χ4n) is 6.40. The average Bonchev–Trinajstić information content (AvgIpc) is 3.47. The van der Waals surface area contributed by atoms with Gasteiger partial charge in [0.15, 0.2) is 0 Å². The molecule has 0 amide bonds. The van der Waals surface area contributed by atoms with Crippen LogP contribution in [0, 0.1) is 24.9 Å². The van der Waals surface area contributed by atoms with Gasteiger partial charge in [0.25, 0.3) is 0 Å². The van der Waals surface area contributed by atoms with Crippen LogP contribution in [0.5, 0.6) is 0 Å². The minimum Gasteiger partial charge on any atom is -0.500 e. The molecule has 257 valence electrons. The van der Waals surface area contributed by atoms with E-state index in [0.29, 0.717) is 23.0 Å². The number of fused-ring (bicyclic) bond motifs is 3. The van der Waals surface area contributed by atoms with E-state index < -0.39 is 8.07 Å². The molecule has 6 heteroatoms. The van der Waals surface area contributed by atoms with Crippen LogP contribution in [-0.4, -0.2) is 18.0 Å². The largest absolute Gasteiger partial charge is 0.500 e. The van der Waals surface area contributed by atoms with E-state index in [1.165, 1.54) is 28.4 Å². The van der Waals surface area contributed by atoms with Crippen LogP contribution in [0.1, 0.15) is 56.2 Å². The van der Waals surface area contributed by atoms with Crippen molar-refractivity contribution in [2.24, 2.45) is 0 Å². The molecule has 7 aromatic rings. The van der Waals surface area contributed by atoms with E-state index in [9.17, 15) is 4.39 Å². The Bertz CT molecular complexity index is 2240. The number of nitrogens with zero attached hydrogens (tertiary/aromatic N) is 2. The molecule has 0 saturated heterocycles. The zero-order valence-corrected chi connectivity index (χ0v) is 33.4. The molecule has 0 aliphatic rings. The molecule has 4 aromatic carbocycles. The quantitative estimate of drug-likeness (QED) is 0.124. The third-order valence-corrected chi connectivity index (χ3v) is 11.0.